The summed E-state index contributed by atoms with van der Waals surface area (Å²) in [5.41, 5.74) is 2.07. The van der Waals surface area contributed by atoms with Crippen molar-refractivity contribution in [3.05, 3.63) is 53.6 Å². The molecule has 4 atom stereocenters. The lowest BCUT2D eigenvalue weighted by Crippen LogP contribution is -2.51. The third-order valence-electron chi connectivity index (χ3n) is 4.76. The number of hydrogen-bond donors (Lipinski definition) is 6. The number of nitrogens with one attached hydrogen (secondary N) is 2. The first kappa shape index (κ1) is 29.3. The van der Waals surface area contributed by atoms with Crippen LogP contribution in [0.4, 0.5) is 5.69 Å². The molecule has 0 fully saturated rings. The van der Waals surface area contributed by atoms with Gasteiger partial charge in [-0.15, -0.1) is 0 Å². The molecular formula is C23H28N2O10-2. The summed E-state index contributed by atoms with van der Waals surface area (Å²) in [5.74, 6) is -3.33. The van der Waals surface area contributed by atoms with E-state index in [9.17, 15) is 34.8 Å². The lowest BCUT2D eigenvalue weighted by Gasteiger charge is -2.18. The number of hydrogen-bond acceptors (Lipinski definition) is 11. The van der Waals surface area contributed by atoms with E-state index in [4.69, 9.17) is 14.9 Å². The normalized spacial score (nSPS) is 13.9. The van der Waals surface area contributed by atoms with Gasteiger partial charge >= 0.3 is 0 Å². The lowest BCUT2D eigenvalue weighted by molar-refractivity contribution is -0.333. The Morgan fingerprint density at radius 3 is 2.09 bits per heavy atom. The van der Waals surface area contributed by atoms with Crippen LogP contribution in [0, 0.1) is 0 Å². The van der Waals surface area contributed by atoms with Crippen LogP contribution < -0.4 is 25.6 Å². The van der Waals surface area contributed by atoms with Crippen LogP contribution in [0.5, 0.6) is 11.5 Å². The number of methoxy groups -OCH3 is 1. The summed E-state index contributed by atoms with van der Waals surface area (Å²) >= 11 is 0. The van der Waals surface area contributed by atoms with Gasteiger partial charge in [0.15, 0.2) is 0 Å². The largest absolute Gasteiger partial charge is 0.547 e. The summed E-state index contributed by atoms with van der Waals surface area (Å²) in [5, 5.41) is 61.4. The number of carboxylic acid groups (broad SMARTS) is 2. The number of carbonyl (C=O) groups excluding carboxylic acids is 3. The van der Waals surface area contributed by atoms with Crippen LogP contribution >= 0.6 is 0 Å². The van der Waals surface area contributed by atoms with Gasteiger partial charge < -0.3 is 55.6 Å². The SMILES string of the molecule is COc1ccc(C[C@@H](C)NC[C@H](O)c2ccc(O)c(NC=O)c2)cc1.O=C([O-])[C@H](O)[C@@H](O)C(=O)[O-]. The van der Waals surface area contributed by atoms with Crippen LogP contribution in [0.15, 0.2) is 42.5 Å². The fourth-order valence-corrected chi connectivity index (χ4v) is 2.82. The number of phenolic OH excluding ortho intramolecular Hbond substituents is 1. The van der Waals surface area contributed by atoms with Gasteiger partial charge in [-0.3, -0.25) is 4.79 Å². The minimum atomic E-state index is -2.44. The van der Waals surface area contributed by atoms with Crippen LogP contribution in [-0.4, -0.2) is 70.7 Å². The Morgan fingerprint density at radius 2 is 1.60 bits per heavy atom. The van der Waals surface area contributed by atoms with Crippen molar-refractivity contribution in [3.63, 3.8) is 0 Å². The number of benzene rings is 2. The molecule has 0 radical (unpaired) electrons. The molecule has 0 aromatic heterocycles. The Kier molecular flexibility index (Phi) is 12.2. The van der Waals surface area contributed by atoms with Crippen LogP contribution in [0.2, 0.25) is 0 Å². The Morgan fingerprint density at radius 1 is 1.03 bits per heavy atom. The van der Waals surface area contributed by atoms with Crippen molar-refractivity contribution in [2.45, 2.75) is 37.7 Å². The van der Waals surface area contributed by atoms with Gasteiger partial charge in [-0.2, -0.15) is 0 Å². The number of amides is 1. The standard InChI is InChI=1S/C19H24N2O4.C4H6O6/c1-13(9-14-3-6-16(25-2)7-4-14)20-11-19(24)15-5-8-18(23)17(10-15)21-12-22;5-1(3(7)8)2(6)4(9)10/h3-8,10,12-13,19-20,23-24H,9,11H2,1-2H3,(H,21,22);1-2,5-6H,(H,7,8)(H,9,10)/p-2/t13-,19+;1-,2-/m11/s1. The molecule has 0 aliphatic rings. The van der Waals surface area contributed by atoms with Crippen molar-refractivity contribution in [2.75, 3.05) is 19.0 Å². The number of rotatable bonds is 12. The Balaban J connectivity index is 0.000000518. The average Bonchev–Trinajstić information content (AvgIpc) is 2.83. The fraction of sp³-hybridized carbons (Fsp3) is 0.348. The maximum Gasteiger partial charge on any atom is 0.211 e. The Labute approximate surface area is 201 Å². The zero-order valence-electron chi connectivity index (χ0n) is 19.1. The number of aromatic hydroxyl groups is 1. The van der Waals surface area contributed by atoms with Crippen molar-refractivity contribution < 1.29 is 49.8 Å². The van der Waals surface area contributed by atoms with E-state index in [-0.39, 0.29) is 17.5 Å². The minimum Gasteiger partial charge on any atom is -0.547 e. The van der Waals surface area contributed by atoms with E-state index in [1.54, 1.807) is 19.2 Å². The highest BCUT2D eigenvalue weighted by Gasteiger charge is 2.17. The van der Waals surface area contributed by atoms with Crippen LogP contribution in [0.25, 0.3) is 0 Å². The van der Waals surface area contributed by atoms with E-state index < -0.39 is 30.3 Å². The molecule has 0 spiro atoms. The van der Waals surface area contributed by atoms with Crippen molar-refractivity contribution >= 4 is 24.0 Å². The molecule has 1 amide bonds. The summed E-state index contributed by atoms with van der Waals surface area (Å²) in [6.07, 6.45) is -4.31. The summed E-state index contributed by atoms with van der Waals surface area (Å²) in [6, 6.07) is 12.7. The number of carboxylic acids is 2. The number of anilines is 1. The summed E-state index contributed by atoms with van der Waals surface area (Å²) in [4.78, 5) is 29.8. The molecule has 12 nitrogen and oxygen atoms in total. The van der Waals surface area contributed by atoms with Gasteiger partial charge in [-0.25, -0.2) is 0 Å². The van der Waals surface area contributed by atoms with E-state index in [2.05, 4.69) is 10.6 Å². The van der Waals surface area contributed by atoms with Gasteiger partial charge in [-0.1, -0.05) is 18.2 Å². The molecule has 6 N–H and O–H groups in total. The van der Waals surface area contributed by atoms with Crippen LogP contribution in [0.3, 0.4) is 0 Å². The number of aliphatic carboxylic acids is 2. The maximum absolute atomic E-state index is 10.5. The third-order valence-corrected chi connectivity index (χ3v) is 4.76. The molecule has 12 heteroatoms. The molecule has 192 valence electrons. The molecule has 0 heterocycles. The second-order valence-electron chi connectivity index (χ2n) is 7.44. The predicted molar refractivity (Wildman–Crippen MR) is 119 cm³/mol. The van der Waals surface area contributed by atoms with E-state index in [0.717, 1.165) is 12.2 Å². The molecule has 0 saturated carbocycles. The smallest absolute Gasteiger partial charge is 0.211 e. The van der Waals surface area contributed by atoms with Crippen molar-refractivity contribution in [1.82, 2.24) is 5.32 Å². The molecule has 0 saturated heterocycles. The van der Waals surface area contributed by atoms with Gasteiger partial charge in [0.2, 0.25) is 6.41 Å². The van der Waals surface area contributed by atoms with Gasteiger partial charge in [-0.05, 0) is 48.7 Å². The molecule has 35 heavy (non-hydrogen) atoms. The van der Waals surface area contributed by atoms with Crippen LogP contribution in [0.1, 0.15) is 24.2 Å². The second-order valence-corrected chi connectivity index (χ2v) is 7.44. The zero-order chi connectivity index (χ0) is 26.5. The van der Waals surface area contributed by atoms with Crippen LogP contribution in [-0.2, 0) is 20.8 Å². The van der Waals surface area contributed by atoms with E-state index >= 15 is 0 Å². The summed E-state index contributed by atoms with van der Waals surface area (Å²) < 4.78 is 5.14. The highest BCUT2D eigenvalue weighted by Crippen LogP contribution is 2.26. The van der Waals surface area contributed by atoms with E-state index in [0.29, 0.717) is 18.5 Å². The van der Waals surface area contributed by atoms with Gasteiger partial charge in [0.25, 0.3) is 0 Å². The summed E-state index contributed by atoms with van der Waals surface area (Å²) in [6.45, 7) is 2.41. The number of phenols is 1. The molecule has 0 bridgehead atoms. The second kappa shape index (κ2) is 14.5. The quantitative estimate of drug-likeness (QED) is 0.134. The molecule has 2 aromatic rings. The molecule has 2 rings (SSSR count). The number of carbonyl (C=O) groups is 3. The first-order chi connectivity index (χ1) is 16.5. The number of aliphatic hydroxyl groups excluding tert-OH is 3. The lowest BCUT2D eigenvalue weighted by atomic mass is 10.1. The third kappa shape index (κ3) is 9.98. The first-order valence-electron chi connectivity index (χ1n) is 10.3. The Bertz CT molecular complexity index is 949. The highest BCUT2D eigenvalue weighted by atomic mass is 16.5. The van der Waals surface area contributed by atoms with Gasteiger partial charge in [0.1, 0.15) is 23.7 Å². The zero-order valence-corrected chi connectivity index (χ0v) is 19.1. The van der Waals surface area contributed by atoms with Crippen molar-refractivity contribution in [1.29, 1.82) is 0 Å². The van der Waals surface area contributed by atoms with Crippen molar-refractivity contribution in [2.24, 2.45) is 0 Å². The first-order valence-corrected chi connectivity index (χ1v) is 10.3. The Hall–Kier alpha value is -3.71. The minimum absolute atomic E-state index is 0.0381. The van der Waals surface area contributed by atoms with Gasteiger partial charge in [0, 0.05) is 12.6 Å². The number of aliphatic hydroxyl groups is 3. The van der Waals surface area contributed by atoms with Gasteiger partial charge in [0.05, 0.1) is 30.8 Å². The number of ether oxygens (including phenoxy) is 1. The molecule has 0 unspecified atom stereocenters. The molecular weight excluding hydrogens is 464 g/mol. The highest BCUT2D eigenvalue weighted by molar-refractivity contribution is 5.80. The van der Waals surface area contributed by atoms with E-state index in [1.807, 2.05) is 31.2 Å². The molecule has 0 aliphatic carbocycles. The summed E-state index contributed by atoms with van der Waals surface area (Å²) in [7, 11) is 1.64. The molecule has 2 aromatic carbocycles. The monoisotopic (exact) mass is 492 g/mol. The van der Waals surface area contributed by atoms with Crippen molar-refractivity contribution in [3.8, 4) is 11.5 Å². The predicted octanol–water partition coefficient (Wildman–Crippen LogP) is -2.57. The topological polar surface area (TPSA) is 212 Å². The molecule has 0 aliphatic heterocycles. The maximum atomic E-state index is 10.5. The van der Waals surface area contributed by atoms with E-state index in [1.165, 1.54) is 11.6 Å². The average molecular weight is 492 g/mol. The fourth-order valence-electron chi connectivity index (χ4n) is 2.82.